The molecule has 5 nitrogen and oxygen atoms in total. The fourth-order valence-corrected chi connectivity index (χ4v) is 2.19. The lowest BCUT2D eigenvalue weighted by Gasteiger charge is -2.26. The van der Waals surface area contributed by atoms with Gasteiger partial charge >= 0.3 is 0 Å². The molecule has 0 aliphatic carbocycles. The standard InChI is InChI=1S/C11H18N2O3/c14-10-8-13(11(15)7-12-10)5-1-3-9-4-2-6-16-9/h9H,1-8H2,(H,12,14). The first-order chi connectivity index (χ1) is 7.75. The molecule has 0 bridgehead atoms. The minimum absolute atomic E-state index is 0.0203. The lowest BCUT2D eigenvalue weighted by Crippen LogP contribution is -2.51. The van der Waals surface area contributed by atoms with Gasteiger partial charge in [-0.15, -0.1) is 0 Å². The van der Waals surface area contributed by atoms with E-state index in [-0.39, 0.29) is 24.9 Å². The lowest BCUT2D eigenvalue weighted by atomic mass is 10.1. The van der Waals surface area contributed by atoms with Crippen LogP contribution in [0.4, 0.5) is 0 Å². The van der Waals surface area contributed by atoms with Crippen molar-refractivity contribution < 1.29 is 14.3 Å². The van der Waals surface area contributed by atoms with Crippen LogP contribution in [0.1, 0.15) is 25.7 Å². The van der Waals surface area contributed by atoms with Crippen molar-refractivity contribution in [1.29, 1.82) is 0 Å². The summed E-state index contributed by atoms with van der Waals surface area (Å²) in [6.07, 6.45) is 4.56. The topological polar surface area (TPSA) is 58.6 Å². The van der Waals surface area contributed by atoms with Crippen molar-refractivity contribution in [2.45, 2.75) is 31.8 Å². The Balaban J connectivity index is 1.67. The summed E-state index contributed by atoms with van der Waals surface area (Å²) in [6, 6.07) is 0. The largest absolute Gasteiger partial charge is 0.378 e. The molecular formula is C11H18N2O3. The third kappa shape index (κ3) is 2.95. The van der Waals surface area contributed by atoms with Crippen molar-refractivity contribution in [1.82, 2.24) is 10.2 Å². The van der Waals surface area contributed by atoms with E-state index in [9.17, 15) is 9.59 Å². The van der Waals surface area contributed by atoms with Gasteiger partial charge in [-0.25, -0.2) is 0 Å². The molecule has 5 heteroatoms. The first-order valence-corrected chi connectivity index (χ1v) is 5.92. The number of hydrogen-bond acceptors (Lipinski definition) is 3. The molecule has 2 rings (SSSR count). The van der Waals surface area contributed by atoms with Crippen LogP contribution in [-0.2, 0) is 14.3 Å². The summed E-state index contributed by atoms with van der Waals surface area (Å²) in [6.45, 7) is 1.91. The van der Waals surface area contributed by atoms with E-state index < -0.39 is 0 Å². The van der Waals surface area contributed by atoms with Crippen molar-refractivity contribution in [2.75, 3.05) is 26.2 Å². The third-order valence-corrected chi connectivity index (χ3v) is 3.10. The Morgan fingerprint density at radius 1 is 1.44 bits per heavy atom. The van der Waals surface area contributed by atoms with Gasteiger partial charge in [-0.1, -0.05) is 0 Å². The first kappa shape index (κ1) is 11.4. The summed E-state index contributed by atoms with van der Waals surface area (Å²) >= 11 is 0. The molecule has 2 aliphatic heterocycles. The molecule has 2 aliphatic rings. The van der Waals surface area contributed by atoms with Crippen LogP contribution in [-0.4, -0.2) is 49.1 Å². The van der Waals surface area contributed by atoms with Crippen LogP contribution in [0, 0.1) is 0 Å². The molecule has 1 N–H and O–H groups in total. The van der Waals surface area contributed by atoms with Gasteiger partial charge in [0, 0.05) is 13.2 Å². The number of rotatable bonds is 4. The molecule has 2 heterocycles. The number of piperazine rings is 1. The van der Waals surface area contributed by atoms with Crippen LogP contribution in [0.5, 0.6) is 0 Å². The fourth-order valence-electron chi connectivity index (χ4n) is 2.19. The zero-order valence-electron chi connectivity index (χ0n) is 9.41. The third-order valence-electron chi connectivity index (χ3n) is 3.10. The van der Waals surface area contributed by atoms with Gasteiger partial charge in [0.25, 0.3) is 0 Å². The summed E-state index contributed by atoms with van der Waals surface area (Å²) in [5.74, 6) is -0.0383. The van der Waals surface area contributed by atoms with Crippen LogP contribution in [0.25, 0.3) is 0 Å². The molecule has 16 heavy (non-hydrogen) atoms. The van der Waals surface area contributed by atoms with E-state index in [0.717, 1.165) is 32.3 Å². The molecule has 0 aromatic rings. The number of ether oxygens (including phenoxy) is 1. The van der Waals surface area contributed by atoms with Crippen molar-refractivity contribution in [3.8, 4) is 0 Å². The maximum atomic E-state index is 11.4. The molecule has 1 atom stereocenters. The van der Waals surface area contributed by atoms with Crippen LogP contribution >= 0.6 is 0 Å². The van der Waals surface area contributed by atoms with Crippen molar-refractivity contribution in [3.05, 3.63) is 0 Å². The van der Waals surface area contributed by atoms with Gasteiger partial charge in [0.05, 0.1) is 19.2 Å². The number of nitrogens with zero attached hydrogens (tertiary/aromatic N) is 1. The van der Waals surface area contributed by atoms with Gasteiger partial charge < -0.3 is 15.0 Å². The first-order valence-electron chi connectivity index (χ1n) is 5.92. The molecule has 90 valence electrons. The van der Waals surface area contributed by atoms with E-state index in [1.165, 1.54) is 0 Å². The second-order valence-corrected chi connectivity index (χ2v) is 4.37. The van der Waals surface area contributed by atoms with Crippen LogP contribution < -0.4 is 5.32 Å². The minimum atomic E-state index is -0.0586. The fraction of sp³-hybridized carbons (Fsp3) is 0.818. The Morgan fingerprint density at radius 3 is 3.06 bits per heavy atom. The highest BCUT2D eigenvalue weighted by Gasteiger charge is 2.23. The monoisotopic (exact) mass is 226 g/mol. The Labute approximate surface area is 95.1 Å². The molecule has 2 fully saturated rings. The number of nitrogens with one attached hydrogen (secondary N) is 1. The summed E-state index contributed by atoms with van der Waals surface area (Å²) < 4.78 is 5.51. The predicted molar refractivity (Wildman–Crippen MR) is 57.8 cm³/mol. The Morgan fingerprint density at radius 2 is 2.31 bits per heavy atom. The molecular weight excluding hydrogens is 208 g/mol. The van der Waals surface area contributed by atoms with E-state index >= 15 is 0 Å². The average Bonchev–Trinajstić information content (AvgIpc) is 2.76. The van der Waals surface area contributed by atoms with E-state index in [4.69, 9.17) is 4.74 Å². The highest BCUT2D eigenvalue weighted by atomic mass is 16.5. The lowest BCUT2D eigenvalue weighted by molar-refractivity contribution is -0.140. The van der Waals surface area contributed by atoms with Crippen molar-refractivity contribution in [3.63, 3.8) is 0 Å². The highest BCUT2D eigenvalue weighted by molar-refractivity contribution is 5.92. The summed E-state index contributed by atoms with van der Waals surface area (Å²) in [7, 11) is 0. The number of amides is 2. The van der Waals surface area contributed by atoms with Crippen LogP contribution in [0.2, 0.25) is 0 Å². The second-order valence-electron chi connectivity index (χ2n) is 4.37. The predicted octanol–water partition coefficient (Wildman–Crippen LogP) is -0.0960. The molecule has 0 radical (unpaired) electrons. The number of carbonyl (C=O) groups is 2. The van der Waals surface area contributed by atoms with Gasteiger partial charge in [-0.05, 0) is 25.7 Å². The van der Waals surface area contributed by atoms with Gasteiger partial charge in [-0.2, -0.15) is 0 Å². The number of carbonyl (C=O) groups excluding carboxylic acids is 2. The van der Waals surface area contributed by atoms with E-state index in [2.05, 4.69) is 5.32 Å². The number of hydrogen-bond donors (Lipinski definition) is 1. The normalized spacial score (nSPS) is 26.0. The molecule has 0 spiro atoms. The van der Waals surface area contributed by atoms with Gasteiger partial charge in [0.2, 0.25) is 11.8 Å². The quantitative estimate of drug-likeness (QED) is 0.728. The zero-order valence-corrected chi connectivity index (χ0v) is 9.41. The Hall–Kier alpha value is -1.10. The summed E-state index contributed by atoms with van der Waals surface area (Å²) in [5, 5.41) is 2.54. The molecule has 2 saturated heterocycles. The van der Waals surface area contributed by atoms with Gasteiger partial charge in [0.1, 0.15) is 0 Å². The summed E-state index contributed by atoms with van der Waals surface area (Å²) in [4.78, 5) is 24.2. The average molecular weight is 226 g/mol. The molecule has 1 unspecified atom stereocenters. The molecule has 0 aromatic heterocycles. The van der Waals surface area contributed by atoms with Gasteiger partial charge in [-0.3, -0.25) is 9.59 Å². The Kier molecular flexibility index (Phi) is 3.77. The zero-order chi connectivity index (χ0) is 11.4. The van der Waals surface area contributed by atoms with Crippen LogP contribution in [0.3, 0.4) is 0 Å². The molecule has 0 aromatic carbocycles. The van der Waals surface area contributed by atoms with Crippen LogP contribution in [0.15, 0.2) is 0 Å². The molecule has 0 saturated carbocycles. The van der Waals surface area contributed by atoms with Crippen molar-refractivity contribution in [2.24, 2.45) is 0 Å². The van der Waals surface area contributed by atoms with Gasteiger partial charge in [0.15, 0.2) is 0 Å². The summed E-state index contributed by atoms with van der Waals surface area (Å²) in [5.41, 5.74) is 0. The maximum absolute atomic E-state index is 11.4. The van der Waals surface area contributed by atoms with Crippen molar-refractivity contribution >= 4 is 11.8 Å². The maximum Gasteiger partial charge on any atom is 0.242 e. The Bertz CT molecular complexity index is 274. The second kappa shape index (κ2) is 5.30. The minimum Gasteiger partial charge on any atom is -0.378 e. The molecule has 2 amide bonds. The SMILES string of the molecule is O=C1CN(CCCC2CCCO2)C(=O)CN1. The highest BCUT2D eigenvalue weighted by Crippen LogP contribution is 2.17. The van der Waals surface area contributed by atoms with E-state index in [1.807, 2.05) is 0 Å². The van der Waals surface area contributed by atoms with E-state index in [0.29, 0.717) is 12.6 Å². The van der Waals surface area contributed by atoms with E-state index in [1.54, 1.807) is 4.90 Å². The smallest absolute Gasteiger partial charge is 0.242 e.